The van der Waals surface area contributed by atoms with Crippen molar-refractivity contribution in [2.24, 2.45) is 5.92 Å². The van der Waals surface area contributed by atoms with Crippen LogP contribution in [-0.4, -0.2) is 35.2 Å². The van der Waals surface area contributed by atoms with E-state index in [1.165, 1.54) is 0 Å². The van der Waals surface area contributed by atoms with Gasteiger partial charge in [0, 0.05) is 6.54 Å². The van der Waals surface area contributed by atoms with E-state index in [9.17, 15) is 4.79 Å². The summed E-state index contributed by atoms with van der Waals surface area (Å²) in [6, 6.07) is 0. The van der Waals surface area contributed by atoms with Crippen LogP contribution in [0.3, 0.4) is 0 Å². The van der Waals surface area contributed by atoms with Crippen molar-refractivity contribution in [2.45, 2.75) is 26.3 Å². The molecule has 0 radical (unpaired) electrons. The molecule has 1 aromatic heterocycles. The number of rotatable bonds is 4. The Balaban J connectivity index is 2.00. The van der Waals surface area contributed by atoms with E-state index in [-0.39, 0.29) is 5.97 Å². The van der Waals surface area contributed by atoms with Crippen molar-refractivity contribution in [3.63, 3.8) is 0 Å². The second-order valence-electron chi connectivity index (χ2n) is 4.35. The maximum absolute atomic E-state index is 11.7. The Morgan fingerprint density at radius 3 is 3.06 bits per heavy atom. The molecule has 0 aliphatic carbocycles. The predicted molar refractivity (Wildman–Crippen MR) is 63.8 cm³/mol. The second kappa shape index (κ2) is 5.82. The second-order valence-corrected chi connectivity index (χ2v) is 4.35. The van der Waals surface area contributed by atoms with Gasteiger partial charge in [0.1, 0.15) is 5.69 Å². The van der Waals surface area contributed by atoms with Crippen LogP contribution < -0.4 is 5.32 Å². The first-order valence-electron chi connectivity index (χ1n) is 6.19. The van der Waals surface area contributed by atoms with E-state index in [2.05, 4.69) is 10.3 Å². The van der Waals surface area contributed by atoms with Crippen molar-refractivity contribution in [1.29, 1.82) is 0 Å². The van der Waals surface area contributed by atoms with Crippen LogP contribution >= 0.6 is 0 Å². The number of nitrogens with zero attached hydrogens (tertiary/aromatic N) is 2. The van der Waals surface area contributed by atoms with E-state index < -0.39 is 0 Å². The molecule has 17 heavy (non-hydrogen) atoms. The Labute approximate surface area is 101 Å². The fourth-order valence-electron chi connectivity index (χ4n) is 2.18. The van der Waals surface area contributed by atoms with Gasteiger partial charge in [-0.2, -0.15) is 0 Å². The van der Waals surface area contributed by atoms with Gasteiger partial charge < -0.3 is 14.6 Å². The number of esters is 1. The van der Waals surface area contributed by atoms with Gasteiger partial charge in [-0.05, 0) is 38.8 Å². The first-order valence-corrected chi connectivity index (χ1v) is 6.19. The van der Waals surface area contributed by atoms with E-state index in [0.29, 0.717) is 18.2 Å². The Morgan fingerprint density at radius 2 is 2.35 bits per heavy atom. The number of carbonyl (C=O) groups excluding carboxylic acids is 1. The molecule has 1 aliphatic rings. The number of hydrogen-bond acceptors (Lipinski definition) is 4. The third-order valence-corrected chi connectivity index (χ3v) is 3.11. The number of aromatic nitrogens is 2. The molecule has 1 aromatic rings. The number of ether oxygens (including phenoxy) is 1. The molecular weight excluding hydrogens is 218 g/mol. The summed E-state index contributed by atoms with van der Waals surface area (Å²) in [5, 5.41) is 3.34. The lowest BCUT2D eigenvalue weighted by Gasteiger charge is -2.23. The lowest BCUT2D eigenvalue weighted by Crippen LogP contribution is -2.30. The Hall–Kier alpha value is -1.36. The van der Waals surface area contributed by atoms with Crippen LogP contribution in [-0.2, 0) is 11.3 Å². The standard InChI is InChI=1S/C12H19N3O2/c1-2-17-12(16)11-7-14-9-15(11)8-10-3-5-13-6-4-10/h7,9-10,13H,2-6,8H2,1H3. The highest BCUT2D eigenvalue weighted by Crippen LogP contribution is 2.15. The van der Waals surface area contributed by atoms with Crippen molar-refractivity contribution in [3.8, 4) is 0 Å². The van der Waals surface area contributed by atoms with E-state index in [1.54, 1.807) is 12.5 Å². The molecule has 94 valence electrons. The average Bonchev–Trinajstić information content (AvgIpc) is 2.79. The molecule has 0 amide bonds. The maximum atomic E-state index is 11.7. The Kier molecular flexibility index (Phi) is 4.14. The van der Waals surface area contributed by atoms with Gasteiger partial charge in [-0.25, -0.2) is 9.78 Å². The lowest BCUT2D eigenvalue weighted by atomic mass is 9.98. The fraction of sp³-hybridized carbons (Fsp3) is 0.667. The predicted octanol–water partition coefficient (Wildman–Crippen LogP) is 1.06. The summed E-state index contributed by atoms with van der Waals surface area (Å²) in [5.41, 5.74) is 0.561. The van der Waals surface area contributed by atoms with Gasteiger partial charge in [0.15, 0.2) is 0 Å². The zero-order chi connectivity index (χ0) is 12.1. The van der Waals surface area contributed by atoms with Gasteiger partial charge >= 0.3 is 5.97 Å². The third kappa shape index (κ3) is 3.06. The van der Waals surface area contributed by atoms with E-state index in [0.717, 1.165) is 32.5 Å². The summed E-state index contributed by atoms with van der Waals surface area (Å²) < 4.78 is 6.91. The summed E-state index contributed by atoms with van der Waals surface area (Å²) in [5.74, 6) is 0.345. The fourth-order valence-corrected chi connectivity index (χ4v) is 2.18. The van der Waals surface area contributed by atoms with Gasteiger partial charge in [-0.15, -0.1) is 0 Å². The van der Waals surface area contributed by atoms with Crippen LogP contribution in [0, 0.1) is 5.92 Å². The zero-order valence-electron chi connectivity index (χ0n) is 10.2. The van der Waals surface area contributed by atoms with E-state index in [4.69, 9.17) is 4.74 Å². The first-order chi connectivity index (χ1) is 8.31. The van der Waals surface area contributed by atoms with E-state index in [1.807, 2.05) is 11.5 Å². The zero-order valence-corrected chi connectivity index (χ0v) is 10.2. The highest BCUT2D eigenvalue weighted by atomic mass is 16.5. The normalized spacial score (nSPS) is 17.0. The highest BCUT2D eigenvalue weighted by molar-refractivity contribution is 5.87. The molecule has 0 spiro atoms. The van der Waals surface area contributed by atoms with Gasteiger partial charge in [-0.3, -0.25) is 0 Å². The summed E-state index contributed by atoms with van der Waals surface area (Å²) in [4.78, 5) is 15.7. The maximum Gasteiger partial charge on any atom is 0.356 e. The van der Waals surface area contributed by atoms with Gasteiger partial charge in [-0.1, -0.05) is 0 Å². The van der Waals surface area contributed by atoms with Crippen LogP contribution in [0.4, 0.5) is 0 Å². The number of imidazole rings is 1. The van der Waals surface area contributed by atoms with Crippen molar-refractivity contribution in [2.75, 3.05) is 19.7 Å². The highest BCUT2D eigenvalue weighted by Gasteiger charge is 2.18. The molecule has 0 saturated carbocycles. The molecule has 1 fully saturated rings. The number of carbonyl (C=O) groups is 1. The molecule has 0 atom stereocenters. The molecule has 1 N–H and O–H groups in total. The molecule has 2 rings (SSSR count). The minimum atomic E-state index is -0.279. The molecule has 1 aliphatic heterocycles. The molecule has 5 nitrogen and oxygen atoms in total. The molecular formula is C12H19N3O2. The molecule has 0 aromatic carbocycles. The summed E-state index contributed by atoms with van der Waals surface area (Å²) in [7, 11) is 0. The van der Waals surface area contributed by atoms with Crippen molar-refractivity contribution in [1.82, 2.24) is 14.9 Å². The minimum absolute atomic E-state index is 0.279. The van der Waals surface area contributed by atoms with E-state index >= 15 is 0 Å². The Morgan fingerprint density at radius 1 is 1.59 bits per heavy atom. The number of piperidine rings is 1. The van der Waals surface area contributed by atoms with Gasteiger partial charge in [0.25, 0.3) is 0 Å². The van der Waals surface area contributed by atoms with Crippen molar-refractivity contribution >= 4 is 5.97 Å². The Bertz CT molecular complexity index is 370. The molecule has 5 heteroatoms. The van der Waals surface area contributed by atoms with Gasteiger partial charge in [0.2, 0.25) is 0 Å². The largest absolute Gasteiger partial charge is 0.461 e. The van der Waals surface area contributed by atoms with Crippen LogP contribution in [0.5, 0.6) is 0 Å². The van der Waals surface area contributed by atoms with Crippen LogP contribution in [0.2, 0.25) is 0 Å². The van der Waals surface area contributed by atoms with Crippen LogP contribution in [0.15, 0.2) is 12.5 Å². The summed E-state index contributed by atoms with van der Waals surface area (Å²) >= 11 is 0. The number of hydrogen-bond donors (Lipinski definition) is 1. The lowest BCUT2D eigenvalue weighted by molar-refractivity contribution is 0.0512. The van der Waals surface area contributed by atoms with Crippen molar-refractivity contribution in [3.05, 3.63) is 18.2 Å². The first kappa shape index (κ1) is 12.1. The quantitative estimate of drug-likeness (QED) is 0.796. The smallest absolute Gasteiger partial charge is 0.356 e. The molecule has 1 saturated heterocycles. The summed E-state index contributed by atoms with van der Waals surface area (Å²) in [6.07, 6.45) is 5.61. The third-order valence-electron chi connectivity index (χ3n) is 3.11. The SMILES string of the molecule is CCOC(=O)c1cncn1CC1CCNCC1. The average molecular weight is 237 g/mol. The van der Waals surface area contributed by atoms with Crippen LogP contribution in [0.1, 0.15) is 30.3 Å². The number of nitrogens with one attached hydrogen (secondary N) is 1. The minimum Gasteiger partial charge on any atom is -0.461 e. The monoisotopic (exact) mass is 237 g/mol. The molecule has 2 heterocycles. The topological polar surface area (TPSA) is 56.1 Å². The summed E-state index contributed by atoms with van der Waals surface area (Å²) in [6.45, 7) is 5.20. The van der Waals surface area contributed by atoms with Crippen molar-refractivity contribution < 1.29 is 9.53 Å². The van der Waals surface area contributed by atoms with Gasteiger partial charge in [0.05, 0.1) is 19.1 Å². The molecule has 0 bridgehead atoms. The van der Waals surface area contributed by atoms with Crippen LogP contribution in [0.25, 0.3) is 0 Å². The molecule has 0 unspecified atom stereocenters.